The molecule has 4 rings (SSSR count). The highest BCUT2D eigenvalue weighted by molar-refractivity contribution is 7.78. The van der Waals surface area contributed by atoms with E-state index in [1.807, 2.05) is 25.2 Å². The van der Waals surface area contributed by atoms with E-state index < -0.39 is 6.09 Å². The number of rotatable bonds is 6. The highest BCUT2D eigenvalue weighted by Crippen LogP contribution is 2.29. The van der Waals surface area contributed by atoms with Crippen molar-refractivity contribution in [2.75, 3.05) is 61.0 Å². The van der Waals surface area contributed by atoms with Gasteiger partial charge in [-0.2, -0.15) is 0 Å². The fourth-order valence-electron chi connectivity index (χ4n) is 3.96. The van der Waals surface area contributed by atoms with Gasteiger partial charge in [0.1, 0.15) is 11.9 Å². The summed E-state index contributed by atoms with van der Waals surface area (Å²) in [6.07, 6.45) is -0.753. The van der Waals surface area contributed by atoms with E-state index in [1.54, 1.807) is 17.0 Å². The Morgan fingerprint density at radius 2 is 1.80 bits per heavy atom. The van der Waals surface area contributed by atoms with Gasteiger partial charge in [0, 0.05) is 38.9 Å². The number of hydrogen-bond donors (Lipinski definition) is 0. The number of piperazine rings is 1. The first-order valence-electron chi connectivity index (χ1n) is 10.0. The van der Waals surface area contributed by atoms with Gasteiger partial charge in [-0.05, 0) is 30.3 Å². The fraction of sp³-hybridized carbons (Fsp3) is 0.364. The summed E-state index contributed by atoms with van der Waals surface area (Å²) in [4.78, 5) is 19.9. The zero-order valence-electron chi connectivity index (χ0n) is 16.9. The van der Waals surface area contributed by atoms with Crippen LogP contribution in [0.3, 0.4) is 0 Å². The molecular weight excluding hydrogens is 403 g/mol. The molecule has 2 aromatic carbocycles. The summed E-state index contributed by atoms with van der Waals surface area (Å²) in [5.41, 5.74) is 3.78. The number of benzene rings is 2. The molecule has 30 heavy (non-hydrogen) atoms. The van der Waals surface area contributed by atoms with E-state index in [2.05, 4.69) is 21.9 Å². The Balaban J connectivity index is 1.40. The van der Waals surface area contributed by atoms with Crippen molar-refractivity contribution in [3.8, 4) is 0 Å². The maximum atomic E-state index is 14.9. The van der Waals surface area contributed by atoms with E-state index >= 15 is 0 Å². The number of carbonyl (C=O) groups excluding carboxylic acids is 1. The second kappa shape index (κ2) is 8.87. The first kappa shape index (κ1) is 20.4. The number of thiocarbonyl (C=S) groups is 1. The minimum Gasteiger partial charge on any atom is -0.442 e. The van der Waals surface area contributed by atoms with Crippen molar-refractivity contribution in [2.45, 2.75) is 6.10 Å². The minimum absolute atomic E-state index is 0.296. The van der Waals surface area contributed by atoms with Gasteiger partial charge in [0.05, 0.1) is 30.0 Å². The van der Waals surface area contributed by atoms with Crippen molar-refractivity contribution < 1.29 is 13.9 Å². The molecule has 0 N–H and O–H groups in total. The molecule has 2 saturated heterocycles. The van der Waals surface area contributed by atoms with Crippen LogP contribution in [0.25, 0.3) is 0 Å². The maximum absolute atomic E-state index is 14.9. The van der Waals surface area contributed by atoms with E-state index in [0.717, 1.165) is 26.2 Å². The summed E-state index contributed by atoms with van der Waals surface area (Å²) in [7, 11) is 1.83. The molecular formula is C22H25FN4O2S. The summed E-state index contributed by atoms with van der Waals surface area (Å²) < 4.78 is 20.3. The number of halogens is 1. The van der Waals surface area contributed by atoms with Crippen LogP contribution in [0, 0.1) is 5.82 Å². The summed E-state index contributed by atoms with van der Waals surface area (Å²) in [5, 5.41) is 0. The molecule has 158 valence electrons. The van der Waals surface area contributed by atoms with Gasteiger partial charge in [-0.15, -0.1) is 0 Å². The predicted molar refractivity (Wildman–Crippen MR) is 121 cm³/mol. The molecule has 8 heteroatoms. The number of carbonyl (C=O) groups is 1. The second-order valence-corrected chi connectivity index (χ2v) is 7.82. The number of nitrogens with zero attached hydrogens (tertiary/aromatic N) is 4. The minimum atomic E-state index is -0.457. The van der Waals surface area contributed by atoms with Gasteiger partial charge in [-0.3, -0.25) is 4.90 Å². The van der Waals surface area contributed by atoms with Gasteiger partial charge >= 0.3 is 6.09 Å². The number of anilines is 3. The molecule has 0 radical (unpaired) electrons. The molecule has 0 spiro atoms. The first-order valence-corrected chi connectivity index (χ1v) is 10.5. The van der Waals surface area contributed by atoms with Gasteiger partial charge < -0.3 is 19.4 Å². The lowest BCUT2D eigenvalue weighted by Crippen LogP contribution is -2.46. The molecule has 0 unspecified atom stereocenters. The van der Waals surface area contributed by atoms with Crippen LogP contribution in [0.4, 0.5) is 26.2 Å². The van der Waals surface area contributed by atoms with Crippen molar-refractivity contribution >= 4 is 40.9 Å². The normalized spacial score (nSPS) is 19.1. The molecule has 0 aliphatic carbocycles. The van der Waals surface area contributed by atoms with Crippen LogP contribution < -0.4 is 14.7 Å². The van der Waals surface area contributed by atoms with Gasteiger partial charge in [0.15, 0.2) is 0 Å². The molecule has 2 aliphatic heterocycles. The van der Waals surface area contributed by atoms with Crippen molar-refractivity contribution in [1.29, 1.82) is 0 Å². The van der Waals surface area contributed by atoms with Crippen LogP contribution in [0.5, 0.6) is 0 Å². The molecule has 1 amide bonds. The summed E-state index contributed by atoms with van der Waals surface area (Å²) in [6.45, 7) is 4.03. The van der Waals surface area contributed by atoms with Gasteiger partial charge in [-0.25, -0.2) is 9.18 Å². The van der Waals surface area contributed by atoms with Crippen molar-refractivity contribution in [1.82, 2.24) is 4.90 Å². The molecule has 2 aliphatic rings. The Kier molecular flexibility index (Phi) is 6.03. The lowest BCUT2D eigenvalue weighted by atomic mass is 10.2. The SMILES string of the molecule is CN(C=S)C[C@H]1CN(c2ccc(N3CCN(c4ccccc4)CC3)c(F)c2)C(=O)O1. The zero-order chi connectivity index (χ0) is 21.1. The average molecular weight is 429 g/mol. The molecule has 0 bridgehead atoms. The van der Waals surface area contributed by atoms with Gasteiger partial charge in [0.2, 0.25) is 0 Å². The van der Waals surface area contributed by atoms with E-state index in [0.29, 0.717) is 24.5 Å². The quantitative estimate of drug-likeness (QED) is 0.657. The highest BCUT2D eigenvalue weighted by atomic mass is 32.1. The Morgan fingerprint density at radius 3 is 2.47 bits per heavy atom. The van der Waals surface area contributed by atoms with E-state index in [-0.39, 0.29) is 11.9 Å². The third kappa shape index (κ3) is 4.33. The third-order valence-corrected chi connectivity index (χ3v) is 5.89. The zero-order valence-corrected chi connectivity index (χ0v) is 17.7. The Hall–Kier alpha value is -2.87. The smallest absolute Gasteiger partial charge is 0.414 e. The Bertz CT molecular complexity index is 905. The lowest BCUT2D eigenvalue weighted by molar-refractivity contribution is 0.131. The monoisotopic (exact) mass is 428 g/mol. The number of para-hydroxylation sites is 1. The maximum Gasteiger partial charge on any atom is 0.414 e. The fourth-order valence-corrected chi connectivity index (χ4v) is 4.04. The lowest BCUT2D eigenvalue weighted by Gasteiger charge is -2.37. The van der Waals surface area contributed by atoms with Crippen LogP contribution in [-0.4, -0.2) is 68.9 Å². The van der Waals surface area contributed by atoms with Crippen molar-refractivity contribution in [3.05, 3.63) is 54.3 Å². The van der Waals surface area contributed by atoms with Crippen LogP contribution in [0.2, 0.25) is 0 Å². The average Bonchev–Trinajstić information content (AvgIpc) is 3.14. The largest absolute Gasteiger partial charge is 0.442 e. The number of cyclic esters (lactones) is 1. The first-order chi connectivity index (χ1) is 14.5. The number of ether oxygens (including phenoxy) is 1. The van der Waals surface area contributed by atoms with Gasteiger partial charge in [-0.1, -0.05) is 30.4 Å². The molecule has 2 fully saturated rings. The van der Waals surface area contributed by atoms with E-state index in [9.17, 15) is 9.18 Å². The summed E-state index contributed by atoms with van der Waals surface area (Å²) >= 11 is 4.88. The molecule has 6 nitrogen and oxygen atoms in total. The van der Waals surface area contributed by atoms with Crippen LogP contribution >= 0.6 is 12.2 Å². The van der Waals surface area contributed by atoms with Crippen molar-refractivity contribution in [2.24, 2.45) is 0 Å². The molecule has 2 heterocycles. The Morgan fingerprint density at radius 1 is 1.10 bits per heavy atom. The second-order valence-electron chi connectivity index (χ2n) is 7.61. The predicted octanol–water partition coefficient (Wildman–Crippen LogP) is 3.37. The topological polar surface area (TPSA) is 39.3 Å². The van der Waals surface area contributed by atoms with E-state index in [1.165, 1.54) is 22.1 Å². The molecule has 0 aromatic heterocycles. The van der Waals surface area contributed by atoms with Crippen LogP contribution in [0.15, 0.2) is 48.5 Å². The van der Waals surface area contributed by atoms with E-state index in [4.69, 9.17) is 17.0 Å². The molecule has 0 saturated carbocycles. The highest BCUT2D eigenvalue weighted by Gasteiger charge is 2.33. The van der Waals surface area contributed by atoms with Crippen LogP contribution in [0.1, 0.15) is 0 Å². The molecule has 2 aromatic rings. The number of hydrogen-bond acceptors (Lipinski definition) is 5. The number of likely N-dealkylation sites (N-methyl/N-ethyl adjacent to an activating group) is 1. The van der Waals surface area contributed by atoms with Crippen LogP contribution in [-0.2, 0) is 4.74 Å². The third-order valence-electron chi connectivity index (χ3n) is 5.53. The number of amides is 1. The summed E-state index contributed by atoms with van der Waals surface area (Å²) in [5.74, 6) is -0.326. The summed E-state index contributed by atoms with van der Waals surface area (Å²) in [6, 6.07) is 15.2. The standard InChI is InChI=1S/C22H25FN4O2S/c1-24(16-30)14-19-15-27(22(28)29-19)18-7-8-21(20(23)13-18)26-11-9-25(10-12-26)17-5-3-2-4-6-17/h2-8,13,16,19H,9-12,14-15H2,1H3/t19-/m0/s1. The van der Waals surface area contributed by atoms with Crippen molar-refractivity contribution in [3.63, 3.8) is 0 Å². The Labute approximate surface area is 181 Å². The van der Waals surface area contributed by atoms with Gasteiger partial charge in [0.25, 0.3) is 0 Å². The molecule has 1 atom stereocenters.